The second-order valence-corrected chi connectivity index (χ2v) is 6.63. The van der Waals surface area contributed by atoms with Crippen molar-refractivity contribution in [3.05, 3.63) is 42.2 Å². The topological polar surface area (TPSA) is 88.0 Å². The third-order valence-corrected chi connectivity index (χ3v) is 4.75. The summed E-state index contributed by atoms with van der Waals surface area (Å²) >= 11 is 0. The van der Waals surface area contributed by atoms with E-state index in [9.17, 15) is 9.18 Å². The average Bonchev–Trinajstić information content (AvgIpc) is 3.27. The maximum atomic E-state index is 14.2. The molecule has 3 heterocycles. The Morgan fingerprint density at radius 2 is 2.15 bits per heavy atom. The van der Waals surface area contributed by atoms with Gasteiger partial charge in [-0.1, -0.05) is 0 Å². The molecular formula is C18H20FN7O. The van der Waals surface area contributed by atoms with Crippen molar-refractivity contribution in [2.45, 2.75) is 12.5 Å². The number of nitrogens with one attached hydrogen (secondary N) is 2. The first-order valence-electron chi connectivity index (χ1n) is 8.72. The Kier molecular flexibility index (Phi) is 4.44. The first-order valence-corrected chi connectivity index (χ1v) is 8.72. The highest BCUT2D eigenvalue weighted by molar-refractivity contribution is 6.03. The Balaban J connectivity index is 1.49. The highest BCUT2D eigenvalue weighted by atomic mass is 19.1. The number of amides is 1. The number of aryl methyl sites for hydroxylation is 1. The Hall–Kier alpha value is -3.07. The number of aromatic nitrogens is 4. The van der Waals surface area contributed by atoms with Crippen molar-refractivity contribution in [3.63, 3.8) is 0 Å². The molecule has 0 saturated carbocycles. The molecule has 1 amide bonds. The summed E-state index contributed by atoms with van der Waals surface area (Å²) in [5.41, 5.74) is 0.749. The Morgan fingerprint density at radius 3 is 2.85 bits per heavy atom. The molecule has 9 heteroatoms. The van der Waals surface area contributed by atoms with Crippen LogP contribution in [0.4, 0.5) is 15.9 Å². The summed E-state index contributed by atoms with van der Waals surface area (Å²) in [5, 5.41) is 10.7. The van der Waals surface area contributed by atoms with Gasteiger partial charge in [0.15, 0.2) is 0 Å². The van der Waals surface area contributed by atoms with E-state index in [0.717, 1.165) is 30.7 Å². The predicted molar refractivity (Wildman–Crippen MR) is 100 cm³/mol. The average molecular weight is 369 g/mol. The molecular weight excluding hydrogens is 349 g/mol. The molecule has 0 unspecified atom stereocenters. The number of likely N-dealkylation sites (N-methyl/N-ethyl adjacent to an activating group) is 1. The van der Waals surface area contributed by atoms with Crippen LogP contribution >= 0.6 is 0 Å². The van der Waals surface area contributed by atoms with Crippen molar-refractivity contribution < 1.29 is 9.18 Å². The molecule has 2 N–H and O–H groups in total. The van der Waals surface area contributed by atoms with Crippen LogP contribution in [0.5, 0.6) is 0 Å². The van der Waals surface area contributed by atoms with Crippen molar-refractivity contribution in [2.24, 2.45) is 7.05 Å². The SMILES string of the molecule is CN[C@@H]1CCN(c2cnc(C(=O)Nc3cc4cn(C)nc4cc3F)cn2)C1. The predicted octanol–water partition coefficient (Wildman–Crippen LogP) is 1.55. The fraction of sp³-hybridized carbons (Fsp3) is 0.333. The standard InChI is InChI=1S/C18H20FN7O/c1-20-12-3-4-26(10-12)17-8-21-16(7-22-17)18(27)23-15-5-11-9-25(2)24-14(11)6-13(15)19/h5-9,12,20H,3-4,10H2,1-2H3,(H,23,27)/t12-/m1/s1. The molecule has 140 valence electrons. The van der Waals surface area contributed by atoms with Crippen LogP contribution in [-0.2, 0) is 7.05 Å². The Bertz CT molecular complexity index is 985. The summed E-state index contributed by atoms with van der Waals surface area (Å²) in [6.07, 6.45) is 5.79. The van der Waals surface area contributed by atoms with Gasteiger partial charge in [-0.25, -0.2) is 14.4 Å². The van der Waals surface area contributed by atoms with Crippen LogP contribution in [0, 0.1) is 5.82 Å². The second kappa shape index (κ2) is 6.92. The van der Waals surface area contributed by atoms with Gasteiger partial charge in [-0.15, -0.1) is 0 Å². The molecule has 2 aromatic heterocycles. The molecule has 4 rings (SSSR count). The molecule has 27 heavy (non-hydrogen) atoms. The second-order valence-electron chi connectivity index (χ2n) is 6.63. The number of hydrogen-bond acceptors (Lipinski definition) is 6. The van der Waals surface area contributed by atoms with E-state index in [4.69, 9.17) is 0 Å². The van der Waals surface area contributed by atoms with E-state index in [1.54, 1.807) is 30.2 Å². The lowest BCUT2D eigenvalue weighted by Crippen LogP contribution is -2.30. The van der Waals surface area contributed by atoms with Gasteiger partial charge >= 0.3 is 0 Å². The highest BCUT2D eigenvalue weighted by Crippen LogP contribution is 2.22. The zero-order valence-corrected chi connectivity index (χ0v) is 15.1. The summed E-state index contributed by atoms with van der Waals surface area (Å²) in [7, 11) is 3.70. The number of carbonyl (C=O) groups excluding carboxylic acids is 1. The number of halogens is 1. The summed E-state index contributed by atoms with van der Waals surface area (Å²) in [5.74, 6) is -0.327. The molecule has 0 bridgehead atoms. The van der Waals surface area contributed by atoms with E-state index in [1.165, 1.54) is 12.3 Å². The molecule has 0 spiro atoms. The number of hydrogen-bond donors (Lipinski definition) is 2. The number of nitrogens with zero attached hydrogens (tertiary/aromatic N) is 5. The van der Waals surface area contributed by atoms with Crippen LogP contribution < -0.4 is 15.5 Å². The summed E-state index contributed by atoms with van der Waals surface area (Å²) in [4.78, 5) is 23.1. The van der Waals surface area contributed by atoms with Gasteiger partial charge < -0.3 is 15.5 Å². The number of rotatable bonds is 4. The number of benzene rings is 1. The van der Waals surface area contributed by atoms with Gasteiger partial charge in [0.25, 0.3) is 5.91 Å². The third-order valence-electron chi connectivity index (χ3n) is 4.75. The van der Waals surface area contributed by atoms with Crippen LogP contribution in [0.15, 0.2) is 30.7 Å². The Labute approximate surface area is 155 Å². The smallest absolute Gasteiger partial charge is 0.275 e. The molecule has 3 aromatic rings. The quantitative estimate of drug-likeness (QED) is 0.726. The molecule has 0 radical (unpaired) electrons. The highest BCUT2D eigenvalue weighted by Gasteiger charge is 2.22. The maximum Gasteiger partial charge on any atom is 0.275 e. The van der Waals surface area contributed by atoms with E-state index in [1.807, 2.05) is 7.05 Å². The van der Waals surface area contributed by atoms with Crippen LogP contribution in [0.2, 0.25) is 0 Å². The van der Waals surface area contributed by atoms with Crippen molar-refractivity contribution >= 4 is 28.3 Å². The summed E-state index contributed by atoms with van der Waals surface area (Å²) in [6, 6.07) is 3.28. The van der Waals surface area contributed by atoms with Crippen LogP contribution in [0.25, 0.3) is 10.9 Å². The lowest BCUT2D eigenvalue weighted by molar-refractivity contribution is 0.102. The number of anilines is 2. The molecule has 1 fully saturated rings. The van der Waals surface area contributed by atoms with E-state index < -0.39 is 11.7 Å². The molecule has 1 atom stereocenters. The largest absolute Gasteiger partial charge is 0.354 e. The molecule has 1 aromatic carbocycles. The van der Waals surface area contributed by atoms with Gasteiger partial charge in [0, 0.05) is 43.8 Å². The lowest BCUT2D eigenvalue weighted by Gasteiger charge is -2.17. The maximum absolute atomic E-state index is 14.2. The van der Waals surface area contributed by atoms with E-state index >= 15 is 0 Å². The van der Waals surface area contributed by atoms with Crippen molar-refractivity contribution in [2.75, 3.05) is 30.4 Å². The van der Waals surface area contributed by atoms with Crippen molar-refractivity contribution in [1.82, 2.24) is 25.1 Å². The zero-order chi connectivity index (χ0) is 19.0. The van der Waals surface area contributed by atoms with E-state index in [-0.39, 0.29) is 11.4 Å². The van der Waals surface area contributed by atoms with Crippen molar-refractivity contribution in [3.8, 4) is 0 Å². The minimum atomic E-state index is -0.547. The van der Waals surface area contributed by atoms with Gasteiger partial charge in [-0.05, 0) is 19.5 Å². The number of fused-ring (bicyclic) bond motifs is 1. The van der Waals surface area contributed by atoms with E-state index in [0.29, 0.717) is 11.6 Å². The Morgan fingerprint density at radius 1 is 1.30 bits per heavy atom. The first-order chi connectivity index (χ1) is 13.0. The van der Waals surface area contributed by atoms with Gasteiger partial charge in [-0.2, -0.15) is 5.10 Å². The molecule has 0 aliphatic carbocycles. The monoisotopic (exact) mass is 369 g/mol. The lowest BCUT2D eigenvalue weighted by atomic mass is 10.2. The minimum Gasteiger partial charge on any atom is -0.354 e. The first kappa shape index (κ1) is 17.3. The molecule has 1 aliphatic rings. The third kappa shape index (κ3) is 3.45. The normalized spacial score (nSPS) is 16.9. The minimum absolute atomic E-state index is 0.0859. The molecule has 8 nitrogen and oxygen atoms in total. The van der Waals surface area contributed by atoms with E-state index in [2.05, 4.69) is 30.6 Å². The van der Waals surface area contributed by atoms with Crippen LogP contribution in [-0.4, -0.2) is 51.8 Å². The molecule has 1 aliphatic heterocycles. The van der Waals surface area contributed by atoms with Gasteiger partial charge in [-0.3, -0.25) is 9.48 Å². The van der Waals surface area contributed by atoms with Crippen LogP contribution in [0.1, 0.15) is 16.9 Å². The fourth-order valence-corrected chi connectivity index (χ4v) is 3.26. The summed E-state index contributed by atoms with van der Waals surface area (Å²) in [6.45, 7) is 1.75. The zero-order valence-electron chi connectivity index (χ0n) is 15.1. The van der Waals surface area contributed by atoms with Crippen LogP contribution in [0.3, 0.4) is 0 Å². The number of carbonyl (C=O) groups is 1. The van der Waals surface area contributed by atoms with Gasteiger partial charge in [0.2, 0.25) is 0 Å². The molecule has 1 saturated heterocycles. The van der Waals surface area contributed by atoms with Gasteiger partial charge in [0.1, 0.15) is 17.3 Å². The summed E-state index contributed by atoms with van der Waals surface area (Å²) < 4.78 is 15.8. The van der Waals surface area contributed by atoms with Crippen molar-refractivity contribution in [1.29, 1.82) is 0 Å². The fourth-order valence-electron chi connectivity index (χ4n) is 3.26. The van der Waals surface area contributed by atoms with Gasteiger partial charge in [0.05, 0.1) is 23.6 Å².